The van der Waals surface area contributed by atoms with Crippen molar-refractivity contribution in [3.05, 3.63) is 65.0 Å². The summed E-state index contributed by atoms with van der Waals surface area (Å²) in [6, 6.07) is 9.59. The van der Waals surface area contributed by atoms with E-state index in [0.29, 0.717) is 18.5 Å². The van der Waals surface area contributed by atoms with E-state index < -0.39 is 0 Å². The summed E-state index contributed by atoms with van der Waals surface area (Å²) >= 11 is 0. The van der Waals surface area contributed by atoms with Crippen LogP contribution in [0.3, 0.4) is 0 Å². The smallest absolute Gasteiger partial charge is 0.230 e. The Morgan fingerprint density at radius 1 is 1.26 bits per heavy atom. The number of amides is 1. The molecule has 1 aromatic heterocycles. The van der Waals surface area contributed by atoms with Gasteiger partial charge in [-0.2, -0.15) is 0 Å². The molecule has 1 amide bonds. The predicted molar refractivity (Wildman–Crippen MR) is 88.4 cm³/mol. The molecule has 1 aromatic carbocycles. The minimum Gasteiger partial charge on any atom is -0.345 e. The van der Waals surface area contributed by atoms with Crippen molar-refractivity contribution in [1.29, 1.82) is 0 Å². The Hall–Kier alpha value is -2.49. The van der Waals surface area contributed by atoms with Gasteiger partial charge in [0.05, 0.1) is 5.92 Å². The van der Waals surface area contributed by atoms with Gasteiger partial charge < -0.3 is 4.90 Å². The molecule has 118 valence electrons. The highest BCUT2D eigenvalue weighted by Gasteiger charge is 2.36. The van der Waals surface area contributed by atoms with Crippen molar-refractivity contribution in [1.82, 2.24) is 9.88 Å². The first-order valence-corrected chi connectivity index (χ1v) is 7.84. The van der Waals surface area contributed by atoms with Crippen LogP contribution in [0.1, 0.15) is 39.4 Å². The fraction of sp³-hybridized carbons (Fsp3) is 0.316. The molecule has 0 saturated heterocycles. The van der Waals surface area contributed by atoms with E-state index >= 15 is 0 Å². The van der Waals surface area contributed by atoms with Crippen molar-refractivity contribution in [3.8, 4) is 0 Å². The summed E-state index contributed by atoms with van der Waals surface area (Å²) in [5.41, 5.74) is 3.80. The van der Waals surface area contributed by atoms with Crippen LogP contribution in [0.4, 0.5) is 0 Å². The normalized spacial score (nSPS) is 16.3. The fourth-order valence-corrected chi connectivity index (χ4v) is 3.22. The van der Waals surface area contributed by atoms with Gasteiger partial charge in [0.2, 0.25) is 5.91 Å². The van der Waals surface area contributed by atoms with E-state index in [-0.39, 0.29) is 17.6 Å². The molecule has 23 heavy (non-hydrogen) atoms. The Labute approximate surface area is 136 Å². The third kappa shape index (κ3) is 3.02. The molecular weight excluding hydrogens is 288 g/mol. The van der Waals surface area contributed by atoms with E-state index in [2.05, 4.69) is 4.98 Å². The van der Waals surface area contributed by atoms with Crippen LogP contribution in [0.15, 0.2) is 42.7 Å². The highest BCUT2D eigenvalue weighted by atomic mass is 16.2. The minimum absolute atomic E-state index is 0.0282. The molecule has 0 spiro atoms. The molecule has 0 bridgehead atoms. The number of benzene rings is 1. The van der Waals surface area contributed by atoms with E-state index in [0.717, 1.165) is 23.1 Å². The monoisotopic (exact) mass is 308 g/mol. The van der Waals surface area contributed by atoms with E-state index in [1.807, 2.05) is 44.3 Å². The van der Waals surface area contributed by atoms with Gasteiger partial charge in [0, 0.05) is 38.0 Å². The van der Waals surface area contributed by atoms with Crippen molar-refractivity contribution in [2.45, 2.75) is 25.7 Å². The van der Waals surface area contributed by atoms with Crippen LogP contribution < -0.4 is 0 Å². The molecule has 2 aromatic rings. The number of pyridine rings is 1. The zero-order chi connectivity index (χ0) is 16.4. The molecule has 1 aliphatic rings. The number of Topliss-reactive ketones (excluding diaryl/α,β-unsaturated/α-hetero) is 1. The molecule has 0 aliphatic heterocycles. The molecule has 1 aliphatic carbocycles. The largest absolute Gasteiger partial charge is 0.345 e. The van der Waals surface area contributed by atoms with Crippen LogP contribution >= 0.6 is 0 Å². The SMILES string of the molecule is Cc1cccc2c1C(C(=O)N(C)CCc1ccncc1)CC2=O. The number of hydrogen-bond acceptors (Lipinski definition) is 3. The van der Waals surface area contributed by atoms with Gasteiger partial charge in [-0.3, -0.25) is 14.6 Å². The standard InChI is InChI=1S/C19H20N2O2/c1-13-4-3-5-15-17(22)12-16(18(13)15)19(23)21(2)11-8-14-6-9-20-10-7-14/h3-7,9-10,16H,8,11-12H2,1-2H3. The fourth-order valence-electron chi connectivity index (χ4n) is 3.22. The quantitative estimate of drug-likeness (QED) is 0.872. The lowest BCUT2D eigenvalue weighted by atomic mass is 9.95. The summed E-state index contributed by atoms with van der Waals surface area (Å²) < 4.78 is 0. The maximum Gasteiger partial charge on any atom is 0.230 e. The Balaban J connectivity index is 1.73. The average Bonchev–Trinajstić information content (AvgIpc) is 2.91. The molecule has 0 fully saturated rings. The highest BCUT2D eigenvalue weighted by Crippen LogP contribution is 2.36. The minimum atomic E-state index is -0.332. The van der Waals surface area contributed by atoms with E-state index in [1.54, 1.807) is 17.3 Å². The summed E-state index contributed by atoms with van der Waals surface area (Å²) in [6.45, 7) is 2.60. The van der Waals surface area contributed by atoms with Gasteiger partial charge in [-0.1, -0.05) is 18.2 Å². The van der Waals surface area contributed by atoms with Crippen molar-refractivity contribution in [2.75, 3.05) is 13.6 Å². The van der Waals surface area contributed by atoms with Crippen molar-refractivity contribution in [2.24, 2.45) is 0 Å². The van der Waals surface area contributed by atoms with Gasteiger partial charge in [-0.15, -0.1) is 0 Å². The summed E-state index contributed by atoms with van der Waals surface area (Å²) in [6.07, 6.45) is 4.59. The lowest BCUT2D eigenvalue weighted by Gasteiger charge is -2.22. The molecule has 1 atom stereocenters. The Morgan fingerprint density at radius 3 is 2.74 bits per heavy atom. The van der Waals surface area contributed by atoms with Crippen LogP contribution in [-0.2, 0) is 11.2 Å². The molecule has 4 nitrogen and oxygen atoms in total. The predicted octanol–water partition coefficient (Wildman–Crippen LogP) is 2.76. The van der Waals surface area contributed by atoms with Gasteiger partial charge >= 0.3 is 0 Å². The van der Waals surface area contributed by atoms with Gasteiger partial charge in [-0.05, 0) is 42.2 Å². The second-order valence-electron chi connectivity index (χ2n) is 6.08. The van der Waals surface area contributed by atoms with E-state index in [9.17, 15) is 9.59 Å². The molecular formula is C19H20N2O2. The zero-order valence-electron chi connectivity index (χ0n) is 13.5. The number of aryl methyl sites for hydroxylation is 1. The topological polar surface area (TPSA) is 50.3 Å². The van der Waals surface area contributed by atoms with Crippen molar-refractivity contribution >= 4 is 11.7 Å². The first kappa shape index (κ1) is 15.4. The van der Waals surface area contributed by atoms with Gasteiger partial charge in [0.1, 0.15) is 0 Å². The van der Waals surface area contributed by atoms with Crippen LogP contribution in [0.25, 0.3) is 0 Å². The van der Waals surface area contributed by atoms with Crippen LogP contribution in [0, 0.1) is 6.92 Å². The Bertz CT molecular complexity index is 740. The number of aromatic nitrogens is 1. The van der Waals surface area contributed by atoms with Crippen LogP contribution in [-0.4, -0.2) is 35.2 Å². The highest BCUT2D eigenvalue weighted by molar-refractivity contribution is 6.07. The molecule has 0 radical (unpaired) electrons. The first-order chi connectivity index (χ1) is 11.1. The van der Waals surface area contributed by atoms with Gasteiger partial charge in [-0.25, -0.2) is 0 Å². The number of fused-ring (bicyclic) bond motifs is 1. The lowest BCUT2D eigenvalue weighted by Crippen LogP contribution is -2.33. The number of rotatable bonds is 4. The summed E-state index contributed by atoms with van der Waals surface area (Å²) in [5, 5.41) is 0. The van der Waals surface area contributed by atoms with Crippen LogP contribution in [0.2, 0.25) is 0 Å². The number of hydrogen-bond donors (Lipinski definition) is 0. The van der Waals surface area contributed by atoms with Gasteiger partial charge in [0.15, 0.2) is 5.78 Å². The van der Waals surface area contributed by atoms with Gasteiger partial charge in [0.25, 0.3) is 0 Å². The third-order valence-electron chi connectivity index (χ3n) is 4.52. The second-order valence-corrected chi connectivity index (χ2v) is 6.08. The molecule has 1 unspecified atom stereocenters. The first-order valence-electron chi connectivity index (χ1n) is 7.84. The molecule has 0 saturated carbocycles. The van der Waals surface area contributed by atoms with E-state index in [4.69, 9.17) is 0 Å². The molecule has 1 heterocycles. The number of carbonyl (C=O) groups is 2. The number of ketones is 1. The third-order valence-corrected chi connectivity index (χ3v) is 4.52. The maximum absolute atomic E-state index is 12.8. The zero-order valence-corrected chi connectivity index (χ0v) is 13.5. The molecule has 0 N–H and O–H groups in total. The summed E-state index contributed by atoms with van der Waals surface area (Å²) in [4.78, 5) is 30.7. The maximum atomic E-state index is 12.8. The summed E-state index contributed by atoms with van der Waals surface area (Å²) in [7, 11) is 1.81. The second kappa shape index (κ2) is 6.32. The van der Waals surface area contributed by atoms with Crippen LogP contribution in [0.5, 0.6) is 0 Å². The van der Waals surface area contributed by atoms with Crippen molar-refractivity contribution < 1.29 is 9.59 Å². The molecule has 3 rings (SSSR count). The Kier molecular flexibility index (Phi) is 4.24. The molecule has 4 heteroatoms. The number of carbonyl (C=O) groups excluding carboxylic acids is 2. The van der Waals surface area contributed by atoms with E-state index in [1.165, 1.54) is 0 Å². The lowest BCUT2D eigenvalue weighted by molar-refractivity contribution is -0.131. The summed E-state index contributed by atoms with van der Waals surface area (Å²) in [5.74, 6) is -0.230. The van der Waals surface area contributed by atoms with Crippen molar-refractivity contribution in [3.63, 3.8) is 0 Å². The number of nitrogens with zero attached hydrogens (tertiary/aromatic N) is 2. The Morgan fingerprint density at radius 2 is 2.00 bits per heavy atom. The average molecular weight is 308 g/mol. The number of likely N-dealkylation sites (N-methyl/N-ethyl adjacent to an activating group) is 1.